The number of likely N-dealkylation sites (tertiary alicyclic amines) is 1. The summed E-state index contributed by atoms with van der Waals surface area (Å²) in [4.78, 5) is 24.5. The molecule has 1 amide bonds. The van der Waals surface area contributed by atoms with E-state index < -0.39 is 0 Å². The van der Waals surface area contributed by atoms with E-state index in [9.17, 15) is 4.79 Å². The number of ether oxygens (including phenoxy) is 1. The number of aryl methyl sites for hydroxylation is 1. The number of hydrogen-bond donors (Lipinski definition) is 2. The molecule has 32 heavy (non-hydrogen) atoms. The molecule has 0 unspecified atom stereocenters. The van der Waals surface area contributed by atoms with Crippen molar-refractivity contribution < 1.29 is 9.53 Å². The number of piperidine rings is 1. The maximum Gasteiger partial charge on any atom is 0.414 e. The van der Waals surface area contributed by atoms with Gasteiger partial charge in [0.25, 0.3) is 0 Å². The Balaban J connectivity index is 1.33. The number of anilines is 3. The van der Waals surface area contributed by atoms with Gasteiger partial charge in [0.05, 0.1) is 29.9 Å². The summed E-state index contributed by atoms with van der Waals surface area (Å²) >= 11 is 6.27. The van der Waals surface area contributed by atoms with E-state index in [1.54, 1.807) is 11.1 Å². The van der Waals surface area contributed by atoms with E-state index in [1.165, 1.54) is 6.26 Å². The maximum absolute atomic E-state index is 11.6. The number of cyclic esters (lactones) is 1. The van der Waals surface area contributed by atoms with Gasteiger partial charge in [0.15, 0.2) is 0 Å². The third kappa shape index (κ3) is 5.49. The van der Waals surface area contributed by atoms with Crippen LogP contribution in [0.4, 0.5) is 22.2 Å². The van der Waals surface area contributed by atoms with Crippen molar-refractivity contribution in [1.29, 1.82) is 0 Å². The first kappa shape index (κ1) is 22.3. The number of rotatable bonds is 8. The van der Waals surface area contributed by atoms with Gasteiger partial charge in [0.1, 0.15) is 10.8 Å². The van der Waals surface area contributed by atoms with Crippen LogP contribution in [0.1, 0.15) is 31.0 Å². The number of carbonyl (C=O) groups is 1. The summed E-state index contributed by atoms with van der Waals surface area (Å²) in [7, 11) is 2.15. The number of nitrogens with one attached hydrogen (secondary N) is 2. The van der Waals surface area contributed by atoms with Crippen molar-refractivity contribution in [3.63, 3.8) is 0 Å². The smallest absolute Gasteiger partial charge is 0.414 e. The predicted molar refractivity (Wildman–Crippen MR) is 123 cm³/mol. The van der Waals surface area contributed by atoms with E-state index >= 15 is 0 Å². The topological polar surface area (TPSA) is 100 Å². The number of amides is 1. The van der Waals surface area contributed by atoms with Gasteiger partial charge in [-0.25, -0.2) is 9.78 Å². The summed E-state index contributed by atoms with van der Waals surface area (Å²) in [5, 5.41) is 11.6. The second-order valence-corrected chi connectivity index (χ2v) is 8.55. The van der Waals surface area contributed by atoms with Crippen LogP contribution in [0.3, 0.4) is 0 Å². The molecule has 0 aliphatic carbocycles. The maximum atomic E-state index is 11.6. The SMILES string of the molecule is Cc1nn(C2CCN(C)CC2)cc1Nc1ncc(Cl)c(NCCCN2CC=COC2=O)n1. The number of hydrogen-bond acceptors (Lipinski definition) is 8. The van der Waals surface area contributed by atoms with Crippen LogP contribution in [0.15, 0.2) is 24.7 Å². The molecule has 2 aliphatic heterocycles. The molecule has 172 valence electrons. The van der Waals surface area contributed by atoms with E-state index in [0.29, 0.717) is 42.5 Å². The molecular formula is C21H29ClN8O2. The molecule has 4 rings (SSSR count). The zero-order chi connectivity index (χ0) is 22.5. The molecule has 0 aromatic carbocycles. The lowest BCUT2D eigenvalue weighted by Gasteiger charge is -2.28. The number of carbonyl (C=O) groups excluding carboxylic acids is 1. The first-order valence-corrected chi connectivity index (χ1v) is 11.3. The molecule has 2 aromatic rings. The minimum Gasteiger partial charge on any atom is -0.418 e. The zero-order valence-electron chi connectivity index (χ0n) is 18.4. The minimum atomic E-state index is -0.324. The summed E-state index contributed by atoms with van der Waals surface area (Å²) in [6, 6.07) is 0.413. The fourth-order valence-electron chi connectivity index (χ4n) is 3.81. The van der Waals surface area contributed by atoms with Crippen molar-refractivity contribution in [3.8, 4) is 0 Å². The minimum absolute atomic E-state index is 0.324. The molecule has 0 atom stereocenters. The fraction of sp³-hybridized carbons (Fsp3) is 0.524. The Kier molecular flexibility index (Phi) is 7.11. The van der Waals surface area contributed by atoms with Gasteiger partial charge in [-0.3, -0.25) is 4.68 Å². The highest BCUT2D eigenvalue weighted by atomic mass is 35.5. The van der Waals surface area contributed by atoms with E-state index in [2.05, 4.69) is 37.2 Å². The molecule has 2 N–H and O–H groups in total. The highest BCUT2D eigenvalue weighted by Gasteiger charge is 2.20. The Hall–Kier alpha value is -2.85. The Morgan fingerprint density at radius 2 is 2.12 bits per heavy atom. The van der Waals surface area contributed by atoms with Gasteiger partial charge >= 0.3 is 6.09 Å². The quantitative estimate of drug-likeness (QED) is 0.578. The predicted octanol–water partition coefficient (Wildman–Crippen LogP) is 3.41. The van der Waals surface area contributed by atoms with Crippen molar-refractivity contribution in [2.24, 2.45) is 0 Å². The summed E-state index contributed by atoms with van der Waals surface area (Å²) in [5.41, 5.74) is 1.79. The van der Waals surface area contributed by atoms with Crippen LogP contribution in [-0.4, -0.2) is 75.4 Å². The van der Waals surface area contributed by atoms with Crippen LogP contribution in [0.2, 0.25) is 5.02 Å². The summed E-state index contributed by atoms with van der Waals surface area (Å²) in [6.07, 6.45) is 9.42. The zero-order valence-corrected chi connectivity index (χ0v) is 19.2. The van der Waals surface area contributed by atoms with Crippen LogP contribution < -0.4 is 10.6 Å². The molecule has 1 saturated heterocycles. The molecule has 11 heteroatoms. The van der Waals surface area contributed by atoms with Gasteiger partial charge in [-0.15, -0.1) is 0 Å². The monoisotopic (exact) mass is 460 g/mol. The lowest BCUT2D eigenvalue weighted by Crippen LogP contribution is -2.34. The highest BCUT2D eigenvalue weighted by Crippen LogP contribution is 2.26. The molecule has 0 radical (unpaired) electrons. The van der Waals surface area contributed by atoms with Gasteiger partial charge in [-0.05, 0) is 52.4 Å². The lowest BCUT2D eigenvalue weighted by atomic mass is 10.1. The Labute approximate surface area is 192 Å². The molecule has 0 saturated carbocycles. The van der Waals surface area contributed by atoms with Gasteiger partial charge < -0.3 is 25.2 Å². The van der Waals surface area contributed by atoms with Gasteiger partial charge in [0.2, 0.25) is 5.95 Å². The Bertz CT molecular complexity index is 971. The van der Waals surface area contributed by atoms with Gasteiger partial charge in [-0.2, -0.15) is 10.1 Å². The number of nitrogens with zero attached hydrogens (tertiary/aromatic N) is 6. The second-order valence-electron chi connectivity index (χ2n) is 8.14. The van der Waals surface area contributed by atoms with Crippen LogP contribution in [0.5, 0.6) is 0 Å². The Morgan fingerprint density at radius 3 is 2.91 bits per heavy atom. The Morgan fingerprint density at radius 1 is 1.31 bits per heavy atom. The summed E-state index contributed by atoms with van der Waals surface area (Å²) < 4.78 is 6.94. The molecule has 0 spiro atoms. The number of aromatic nitrogens is 4. The van der Waals surface area contributed by atoms with Gasteiger partial charge in [0, 0.05) is 25.8 Å². The average molecular weight is 461 g/mol. The summed E-state index contributed by atoms with van der Waals surface area (Å²) in [6.45, 7) is 5.89. The largest absolute Gasteiger partial charge is 0.418 e. The summed E-state index contributed by atoms with van der Waals surface area (Å²) in [5.74, 6) is 0.998. The van der Waals surface area contributed by atoms with Crippen LogP contribution in [0.25, 0.3) is 0 Å². The van der Waals surface area contributed by atoms with Crippen LogP contribution in [0, 0.1) is 6.92 Å². The molecule has 2 aliphatic rings. The van der Waals surface area contributed by atoms with Crippen molar-refractivity contribution in [2.45, 2.75) is 32.2 Å². The van der Waals surface area contributed by atoms with E-state index in [1.807, 2.05) is 19.2 Å². The third-order valence-corrected chi connectivity index (χ3v) is 5.99. The second kappa shape index (κ2) is 10.2. The standard InChI is InChI=1S/C21H29ClN8O2/c1-15-18(14-30(27-15)16-5-10-28(2)11-6-16)25-20-24-13-17(22)19(26-20)23-7-3-8-29-9-4-12-32-21(29)31/h4,12-14,16H,3,5-11H2,1-2H3,(H2,23,24,25,26). The third-order valence-electron chi connectivity index (χ3n) is 5.72. The van der Waals surface area contributed by atoms with Crippen molar-refractivity contribution in [1.82, 2.24) is 29.5 Å². The highest BCUT2D eigenvalue weighted by molar-refractivity contribution is 6.32. The fourth-order valence-corrected chi connectivity index (χ4v) is 3.97. The normalized spacial score (nSPS) is 17.5. The molecule has 10 nitrogen and oxygen atoms in total. The number of halogens is 1. The van der Waals surface area contributed by atoms with Crippen molar-refractivity contribution >= 4 is 35.1 Å². The molecule has 1 fully saturated rings. The first-order chi connectivity index (χ1) is 15.5. The molecule has 4 heterocycles. The van der Waals surface area contributed by atoms with Crippen molar-refractivity contribution in [2.75, 3.05) is 50.4 Å². The lowest BCUT2D eigenvalue weighted by molar-refractivity contribution is 0.133. The molecule has 2 aromatic heterocycles. The van der Waals surface area contributed by atoms with Crippen LogP contribution >= 0.6 is 11.6 Å². The van der Waals surface area contributed by atoms with Crippen LogP contribution in [-0.2, 0) is 4.74 Å². The molecule has 0 bridgehead atoms. The molecular weight excluding hydrogens is 432 g/mol. The van der Waals surface area contributed by atoms with Gasteiger partial charge in [-0.1, -0.05) is 11.6 Å². The van der Waals surface area contributed by atoms with Crippen molar-refractivity contribution in [3.05, 3.63) is 35.4 Å². The van der Waals surface area contributed by atoms with E-state index in [4.69, 9.17) is 21.4 Å². The average Bonchev–Trinajstić information content (AvgIpc) is 3.15. The van der Waals surface area contributed by atoms with E-state index in [-0.39, 0.29) is 6.09 Å². The van der Waals surface area contributed by atoms with E-state index in [0.717, 1.165) is 43.7 Å². The first-order valence-electron chi connectivity index (χ1n) is 10.9.